The van der Waals surface area contributed by atoms with Gasteiger partial charge in [-0.25, -0.2) is 4.98 Å². The minimum Gasteiger partial charge on any atom is -0.481 e. The molecule has 220 valence electrons. The van der Waals surface area contributed by atoms with Crippen molar-refractivity contribution < 1.29 is 34.1 Å². The molecule has 0 spiro atoms. The van der Waals surface area contributed by atoms with Crippen molar-refractivity contribution in [3.05, 3.63) is 33.8 Å². The first-order valence-corrected chi connectivity index (χ1v) is 14.4. The Labute approximate surface area is 238 Å². The van der Waals surface area contributed by atoms with Gasteiger partial charge in [0.05, 0.1) is 41.8 Å². The molecule has 0 radical (unpaired) electrons. The number of nitrogens with zero attached hydrogens (tertiary/aromatic N) is 2. The summed E-state index contributed by atoms with van der Waals surface area (Å²) in [6.45, 7) is 7.79. The molecule has 1 fully saturated rings. The number of carboxylic acid groups (broad SMARTS) is 1. The van der Waals surface area contributed by atoms with Gasteiger partial charge in [0.2, 0.25) is 17.7 Å². The normalized spacial score (nSPS) is 20.0. The molecular weight excluding hydrogens is 536 g/mol. The molecule has 12 heteroatoms. The number of thiazole rings is 1. The van der Waals surface area contributed by atoms with E-state index >= 15 is 0 Å². The lowest BCUT2D eigenvalue weighted by Gasteiger charge is -2.35. The van der Waals surface area contributed by atoms with Crippen molar-refractivity contribution in [2.75, 3.05) is 26.3 Å². The first-order valence-electron chi connectivity index (χ1n) is 13.5. The highest BCUT2D eigenvalue weighted by molar-refractivity contribution is 7.10. The molecule has 1 aromatic rings. The number of likely N-dealkylation sites (tertiary alicyclic amines) is 1. The number of ether oxygens (including phenoxy) is 1. The first kappa shape index (κ1) is 31.4. The van der Waals surface area contributed by atoms with E-state index in [0.717, 1.165) is 24.1 Å². The minimum absolute atomic E-state index is 0.000659. The molecule has 1 aromatic heterocycles. The van der Waals surface area contributed by atoms with Crippen LogP contribution in [0.4, 0.5) is 0 Å². The summed E-state index contributed by atoms with van der Waals surface area (Å²) >= 11 is 1.62. The Balaban J connectivity index is 1.59. The maximum absolute atomic E-state index is 13.6. The molecule has 3 atom stereocenters. The molecule has 1 aliphatic carbocycles. The third kappa shape index (κ3) is 8.70. The maximum atomic E-state index is 13.6. The van der Waals surface area contributed by atoms with Gasteiger partial charge in [-0.2, -0.15) is 0 Å². The van der Waals surface area contributed by atoms with Crippen molar-refractivity contribution >= 4 is 40.6 Å². The van der Waals surface area contributed by atoms with Gasteiger partial charge in [0.25, 0.3) is 0 Å². The summed E-state index contributed by atoms with van der Waals surface area (Å²) in [5.74, 6) is -2.19. The molecule has 1 saturated heterocycles. The number of aryl methyl sites for hydroxylation is 1. The van der Waals surface area contributed by atoms with E-state index in [1.54, 1.807) is 11.3 Å². The van der Waals surface area contributed by atoms with Gasteiger partial charge in [0, 0.05) is 25.9 Å². The highest BCUT2D eigenvalue weighted by Gasteiger charge is 2.44. The smallest absolute Gasteiger partial charge is 0.305 e. The van der Waals surface area contributed by atoms with E-state index in [0.29, 0.717) is 6.54 Å². The van der Waals surface area contributed by atoms with E-state index in [-0.39, 0.29) is 44.9 Å². The molecule has 1 unspecified atom stereocenters. The van der Waals surface area contributed by atoms with E-state index in [4.69, 9.17) is 9.84 Å². The van der Waals surface area contributed by atoms with Crippen LogP contribution in [0.5, 0.6) is 0 Å². The van der Waals surface area contributed by atoms with Gasteiger partial charge in [-0.1, -0.05) is 38.5 Å². The Morgan fingerprint density at radius 3 is 2.50 bits per heavy atom. The Kier molecular flexibility index (Phi) is 11.0. The molecule has 0 saturated carbocycles. The van der Waals surface area contributed by atoms with Gasteiger partial charge < -0.3 is 30.5 Å². The predicted molar refractivity (Wildman–Crippen MR) is 150 cm³/mol. The van der Waals surface area contributed by atoms with Crippen LogP contribution in [0.1, 0.15) is 63.4 Å². The molecule has 11 nitrogen and oxygen atoms in total. The number of carboxylic acids is 1. The number of hydrogen-bond acceptors (Lipinski definition) is 8. The zero-order chi connectivity index (χ0) is 29.4. The molecule has 3 amide bonds. The highest BCUT2D eigenvalue weighted by Crippen LogP contribution is 2.31. The SMILES string of the molecule is Cc1ncsc1C1=CC=C(CNC(=O)[C@@H]2CC(O)CN2C(=O)[C@@H](NC(=O)CCOCCC(=O)O)C(C)(C)C)CC1. The van der Waals surface area contributed by atoms with Gasteiger partial charge in [-0.3, -0.25) is 19.2 Å². The number of aliphatic hydroxyl groups excluding tert-OH is 1. The van der Waals surface area contributed by atoms with Crippen molar-refractivity contribution in [1.29, 1.82) is 0 Å². The summed E-state index contributed by atoms with van der Waals surface area (Å²) in [5.41, 5.74) is 4.48. The third-order valence-electron chi connectivity index (χ3n) is 6.98. The van der Waals surface area contributed by atoms with Crippen molar-refractivity contribution in [2.45, 2.75) is 78.0 Å². The topological polar surface area (TPSA) is 158 Å². The number of allylic oxidation sites excluding steroid dienone is 3. The molecule has 1 aliphatic heterocycles. The minimum atomic E-state index is -0.988. The lowest BCUT2D eigenvalue weighted by molar-refractivity contribution is -0.144. The number of aliphatic hydroxyl groups is 1. The Morgan fingerprint density at radius 2 is 1.90 bits per heavy atom. The van der Waals surface area contributed by atoms with Crippen LogP contribution in [0.15, 0.2) is 23.2 Å². The Hall–Kier alpha value is -3.09. The molecule has 2 heterocycles. The van der Waals surface area contributed by atoms with Crippen molar-refractivity contribution in [2.24, 2.45) is 5.41 Å². The number of hydrogen-bond donors (Lipinski definition) is 4. The Bertz CT molecular complexity index is 1150. The fourth-order valence-electron chi connectivity index (χ4n) is 4.73. The van der Waals surface area contributed by atoms with Crippen LogP contribution in [-0.4, -0.2) is 88.3 Å². The zero-order valence-corrected chi connectivity index (χ0v) is 24.4. The molecule has 0 aromatic carbocycles. The van der Waals surface area contributed by atoms with E-state index in [1.165, 1.54) is 15.4 Å². The predicted octanol–water partition coefficient (Wildman–Crippen LogP) is 2.05. The molecule has 0 bridgehead atoms. The number of β-amino-alcohol motifs (C(OH)–C–C–N with tert-alkyl or cyclic N) is 1. The zero-order valence-electron chi connectivity index (χ0n) is 23.6. The second-order valence-corrected chi connectivity index (χ2v) is 12.1. The van der Waals surface area contributed by atoms with Crippen LogP contribution >= 0.6 is 11.3 Å². The fourth-order valence-corrected chi connectivity index (χ4v) is 5.59. The number of aromatic nitrogens is 1. The average Bonchev–Trinajstić information content (AvgIpc) is 3.50. The summed E-state index contributed by atoms with van der Waals surface area (Å²) in [6, 6.07) is -1.78. The first-order chi connectivity index (χ1) is 18.9. The highest BCUT2D eigenvalue weighted by atomic mass is 32.1. The quantitative estimate of drug-likeness (QED) is 0.275. The summed E-state index contributed by atoms with van der Waals surface area (Å²) < 4.78 is 5.18. The van der Waals surface area contributed by atoms with Crippen molar-refractivity contribution in [1.82, 2.24) is 20.5 Å². The standard InChI is InChI=1S/C28H40N4O7S/c1-17-24(40-16-30-17)19-7-5-18(6-8-19)14-29-26(37)21-13-20(33)15-32(21)27(38)25(28(2,3)4)31-22(34)9-11-39-12-10-23(35)36/h5,7,16,20-21,25,33H,6,8-15H2,1-4H3,(H,29,37)(H,31,34)(H,35,36)/t20?,21-,25+/m0/s1. The van der Waals surface area contributed by atoms with E-state index in [1.807, 2.05) is 39.3 Å². The van der Waals surface area contributed by atoms with E-state index < -0.39 is 41.4 Å². The largest absolute Gasteiger partial charge is 0.481 e. The summed E-state index contributed by atoms with van der Waals surface area (Å²) in [5, 5.41) is 24.7. The van der Waals surface area contributed by atoms with Crippen molar-refractivity contribution in [3.63, 3.8) is 0 Å². The van der Waals surface area contributed by atoms with Crippen LogP contribution in [-0.2, 0) is 23.9 Å². The fraction of sp³-hybridized carbons (Fsp3) is 0.607. The van der Waals surface area contributed by atoms with Crippen LogP contribution < -0.4 is 10.6 Å². The monoisotopic (exact) mass is 576 g/mol. The molecule has 4 N–H and O–H groups in total. The summed E-state index contributed by atoms with van der Waals surface area (Å²) in [6.07, 6.45) is 4.81. The van der Waals surface area contributed by atoms with E-state index in [9.17, 15) is 24.3 Å². The van der Waals surface area contributed by atoms with Gasteiger partial charge in [-0.05, 0) is 30.8 Å². The number of carbonyl (C=O) groups is 4. The molecule has 2 aliphatic rings. The molecule has 40 heavy (non-hydrogen) atoms. The van der Waals surface area contributed by atoms with Gasteiger partial charge in [0.15, 0.2) is 0 Å². The number of carbonyl (C=O) groups excluding carboxylic acids is 3. The van der Waals surface area contributed by atoms with Crippen LogP contribution in [0, 0.1) is 12.3 Å². The molecular formula is C28H40N4O7S. The maximum Gasteiger partial charge on any atom is 0.305 e. The molecule has 3 rings (SSSR count). The van der Waals surface area contributed by atoms with Crippen molar-refractivity contribution in [3.8, 4) is 0 Å². The second kappa shape index (κ2) is 14.0. The van der Waals surface area contributed by atoms with Gasteiger partial charge in [0.1, 0.15) is 12.1 Å². The lowest BCUT2D eigenvalue weighted by atomic mass is 9.85. The summed E-state index contributed by atoms with van der Waals surface area (Å²) in [4.78, 5) is 56.8. The van der Waals surface area contributed by atoms with Crippen LogP contribution in [0.2, 0.25) is 0 Å². The average molecular weight is 577 g/mol. The third-order valence-corrected chi connectivity index (χ3v) is 7.98. The number of aliphatic carboxylic acids is 1. The second-order valence-electron chi connectivity index (χ2n) is 11.3. The Morgan fingerprint density at radius 1 is 1.18 bits per heavy atom. The van der Waals surface area contributed by atoms with Crippen LogP contribution in [0.25, 0.3) is 5.57 Å². The number of amides is 3. The number of nitrogens with one attached hydrogen (secondary N) is 2. The van der Waals surface area contributed by atoms with Gasteiger partial charge >= 0.3 is 5.97 Å². The van der Waals surface area contributed by atoms with Crippen LogP contribution in [0.3, 0.4) is 0 Å². The van der Waals surface area contributed by atoms with Gasteiger partial charge in [-0.15, -0.1) is 11.3 Å². The number of rotatable bonds is 12. The summed E-state index contributed by atoms with van der Waals surface area (Å²) in [7, 11) is 0. The lowest BCUT2D eigenvalue weighted by Crippen LogP contribution is -2.57. The van der Waals surface area contributed by atoms with E-state index in [2.05, 4.69) is 21.7 Å².